The topological polar surface area (TPSA) is 63.5 Å². The van der Waals surface area contributed by atoms with Gasteiger partial charge >= 0.3 is 0 Å². The number of benzene rings is 2. The van der Waals surface area contributed by atoms with Crippen LogP contribution in [0.5, 0.6) is 5.75 Å². The predicted octanol–water partition coefficient (Wildman–Crippen LogP) is 4.08. The van der Waals surface area contributed by atoms with Crippen molar-refractivity contribution in [1.29, 1.82) is 0 Å². The summed E-state index contributed by atoms with van der Waals surface area (Å²) in [6, 6.07) is 15.8. The van der Waals surface area contributed by atoms with Gasteiger partial charge in [-0.2, -0.15) is 0 Å². The van der Waals surface area contributed by atoms with Gasteiger partial charge in [0.1, 0.15) is 11.6 Å². The molecule has 174 valence electrons. The maximum Gasteiger partial charge on any atom is 0.253 e. The van der Waals surface area contributed by atoms with Crippen molar-refractivity contribution in [3.63, 3.8) is 0 Å². The molecule has 3 aromatic rings. The third-order valence-corrected chi connectivity index (χ3v) is 6.86. The van der Waals surface area contributed by atoms with E-state index in [0.29, 0.717) is 0 Å². The Labute approximate surface area is 199 Å². The summed E-state index contributed by atoms with van der Waals surface area (Å²) in [7, 11) is 3.77. The lowest BCUT2D eigenvalue weighted by Gasteiger charge is -2.32. The molecule has 1 aliphatic rings. The number of methoxy groups -OCH3 is 1. The summed E-state index contributed by atoms with van der Waals surface area (Å²) in [6.07, 6.45) is 0. The van der Waals surface area contributed by atoms with Crippen LogP contribution < -0.4 is 4.74 Å². The fourth-order valence-corrected chi connectivity index (χ4v) is 4.78. The molecule has 8 heteroatoms. The number of nitrogens with zero attached hydrogens (tertiary/aromatic N) is 5. The molecule has 0 unspecified atom stereocenters. The number of piperazine rings is 1. The van der Waals surface area contributed by atoms with Crippen molar-refractivity contribution >= 4 is 17.7 Å². The Morgan fingerprint density at radius 2 is 1.73 bits per heavy atom. The van der Waals surface area contributed by atoms with Gasteiger partial charge in [0.2, 0.25) is 0 Å². The number of carbonyl (C=O) groups is 1. The average Bonchev–Trinajstić information content (AvgIpc) is 3.27. The van der Waals surface area contributed by atoms with Crippen LogP contribution in [0, 0.1) is 0 Å². The van der Waals surface area contributed by atoms with Gasteiger partial charge in [-0.05, 0) is 36.9 Å². The largest absolute Gasteiger partial charge is 0.495 e. The number of para-hydroxylation sites is 2. The Balaban J connectivity index is 1.49. The van der Waals surface area contributed by atoms with E-state index < -0.39 is 0 Å². The Morgan fingerprint density at radius 1 is 1.03 bits per heavy atom. The van der Waals surface area contributed by atoms with Crippen LogP contribution in [0.15, 0.2) is 53.7 Å². The minimum atomic E-state index is 0.111. The van der Waals surface area contributed by atoms with E-state index in [1.165, 1.54) is 0 Å². The number of likely N-dealkylation sites (N-methyl/N-ethyl adjacent to an activating group) is 1. The van der Waals surface area contributed by atoms with Crippen molar-refractivity contribution in [2.45, 2.75) is 30.7 Å². The van der Waals surface area contributed by atoms with E-state index >= 15 is 0 Å². The molecule has 1 fully saturated rings. The van der Waals surface area contributed by atoms with E-state index in [2.05, 4.69) is 40.6 Å². The van der Waals surface area contributed by atoms with E-state index in [4.69, 9.17) is 4.74 Å². The van der Waals surface area contributed by atoms with Crippen LogP contribution in [0.1, 0.15) is 41.5 Å². The summed E-state index contributed by atoms with van der Waals surface area (Å²) >= 11 is 1.63. The first kappa shape index (κ1) is 23.3. The van der Waals surface area contributed by atoms with Crippen molar-refractivity contribution < 1.29 is 9.53 Å². The number of aromatic nitrogens is 3. The number of hydrogen-bond donors (Lipinski definition) is 0. The Kier molecular flexibility index (Phi) is 7.35. The average molecular weight is 466 g/mol. The molecule has 1 amide bonds. The minimum absolute atomic E-state index is 0.111. The van der Waals surface area contributed by atoms with Gasteiger partial charge in [-0.15, -0.1) is 10.2 Å². The highest BCUT2D eigenvalue weighted by Crippen LogP contribution is 2.32. The van der Waals surface area contributed by atoms with Gasteiger partial charge in [0.15, 0.2) is 5.16 Å². The van der Waals surface area contributed by atoms with Crippen LogP contribution in [0.25, 0.3) is 5.69 Å². The molecule has 0 saturated carbocycles. The zero-order chi connectivity index (χ0) is 23.4. The Hall–Kier alpha value is -2.84. The quantitative estimate of drug-likeness (QED) is 0.490. The molecule has 33 heavy (non-hydrogen) atoms. The maximum atomic E-state index is 12.8. The van der Waals surface area contributed by atoms with Crippen molar-refractivity contribution in [2.75, 3.05) is 40.3 Å². The van der Waals surface area contributed by atoms with Gasteiger partial charge in [-0.25, -0.2) is 0 Å². The minimum Gasteiger partial charge on any atom is -0.495 e. The lowest BCUT2D eigenvalue weighted by atomic mass is 10.1. The number of hydrogen-bond acceptors (Lipinski definition) is 6. The first-order valence-electron chi connectivity index (χ1n) is 11.3. The summed E-state index contributed by atoms with van der Waals surface area (Å²) in [6.45, 7) is 7.63. The molecule has 2 heterocycles. The lowest BCUT2D eigenvalue weighted by Crippen LogP contribution is -2.47. The number of rotatable bonds is 7. The number of carbonyl (C=O) groups excluding carboxylic acids is 1. The maximum absolute atomic E-state index is 12.8. The van der Waals surface area contributed by atoms with Crippen LogP contribution in [-0.4, -0.2) is 70.8 Å². The van der Waals surface area contributed by atoms with Crippen LogP contribution in [0.2, 0.25) is 0 Å². The molecule has 0 atom stereocenters. The number of thioether (sulfide) groups is 1. The summed E-state index contributed by atoms with van der Waals surface area (Å²) < 4.78 is 7.67. The third kappa shape index (κ3) is 5.23. The highest BCUT2D eigenvalue weighted by Gasteiger charge is 2.21. The van der Waals surface area contributed by atoms with E-state index in [1.807, 2.05) is 53.4 Å². The van der Waals surface area contributed by atoms with Crippen molar-refractivity contribution in [1.82, 2.24) is 24.6 Å². The molecule has 0 spiro atoms. The molecule has 0 aliphatic carbocycles. The second-order valence-corrected chi connectivity index (χ2v) is 9.53. The lowest BCUT2D eigenvalue weighted by molar-refractivity contribution is 0.0664. The zero-order valence-electron chi connectivity index (χ0n) is 19.7. The zero-order valence-corrected chi connectivity index (χ0v) is 20.5. The molecule has 2 aromatic carbocycles. The van der Waals surface area contributed by atoms with Crippen molar-refractivity contribution in [2.24, 2.45) is 0 Å². The highest BCUT2D eigenvalue weighted by atomic mass is 32.2. The number of ether oxygens (including phenoxy) is 1. The third-order valence-electron chi connectivity index (χ3n) is 5.86. The van der Waals surface area contributed by atoms with Crippen molar-refractivity contribution in [3.8, 4) is 11.4 Å². The SMILES string of the molecule is COc1ccccc1-n1c(SCc2ccc(C(=O)N3CCN(C)CC3)cc2)nnc1C(C)C. The molecular weight excluding hydrogens is 434 g/mol. The summed E-state index contributed by atoms with van der Waals surface area (Å²) in [4.78, 5) is 17.0. The molecule has 4 rings (SSSR count). The first-order chi connectivity index (χ1) is 16.0. The van der Waals surface area contributed by atoms with Gasteiger partial charge < -0.3 is 14.5 Å². The van der Waals surface area contributed by atoms with E-state index in [-0.39, 0.29) is 11.8 Å². The predicted molar refractivity (Wildman–Crippen MR) is 131 cm³/mol. The molecule has 0 N–H and O–H groups in total. The fraction of sp³-hybridized carbons (Fsp3) is 0.400. The molecule has 0 radical (unpaired) electrons. The van der Waals surface area contributed by atoms with Crippen LogP contribution >= 0.6 is 11.8 Å². The van der Waals surface area contributed by atoms with Gasteiger partial charge in [0.25, 0.3) is 5.91 Å². The second-order valence-electron chi connectivity index (χ2n) is 8.58. The van der Waals surface area contributed by atoms with Gasteiger partial charge in [0, 0.05) is 43.4 Å². The van der Waals surface area contributed by atoms with E-state index in [9.17, 15) is 4.79 Å². The summed E-state index contributed by atoms with van der Waals surface area (Å²) in [5.74, 6) is 2.74. The highest BCUT2D eigenvalue weighted by molar-refractivity contribution is 7.98. The molecule has 1 saturated heterocycles. The number of amides is 1. The normalized spacial score (nSPS) is 14.6. The monoisotopic (exact) mass is 465 g/mol. The smallest absolute Gasteiger partial charge is 0.253 e. The fourth-order valence-electron chi connectivity index (χ4n) is 3.87. The molecule has 1 aromatic heterocycles. The molecular formula is C25H31N5O2S. The van der Waals surface area contributed by atoms with Crippen LogP contribution in [0.4, 0.5) is 0 Å². The van der Waals surface area contributed by atoms with E-state index in [0.717, 1.165) is 65.5 Å². The van der Waals surface area contributed by atoms with Gasteiger partial charge in [0.05, 0.1) is 12.8 Å². The van der Waals surface area contributed by atoms with Crippen LogP contribution in [-0.2, 0) is 5.75 Å². The first-order valence-corrected chi connectivity index (χ1v) is 12.2. The van der Waals surface area contributed by atoms with Gasteiger partial charge in [-0.1, -0.05) is 49.9 Å². The summed E-state index contributed by atoms with van der Waals surface area (Å²) in [5, 5.41) is 9.75. The molecule has 1 aliphatic heterocycles. The molecule has 0 bridgehead atoms. The van der Waals surface area contributed by atoms with Crippen LogP contribution in [0.3, 0.4) is 0 Å². The van der Waals surface area contributed by atoms with Crippen molar-refractivity contribution in [3.05, 3.63) is 65.5 Å². The standard InChI is InChI=1S/C25H31N5O2S/c1-18(2)23-26-27-25(30(23)21-7-5-6-8-22(21)32-4)33-17-19-9-11-20(12-10-19)24(31)29-15-13-28(3)14-16-29/h5-12,18H,13-17H2,1-4H3. The molecule has 7 nitrogen and oxygen atoms in total. The van der Waals surface area contributed by atoms with E-state index in [1.54, 1.807) is 18.9 Å². The Bertz CT molecular complexity index is 1090. The van der Waals surface area contributed by atoms with Gasteiger partial charge in [-0.3, -0.25) is 9.36 Å². The summed E-state index contributed by atoms with van der Waals surface area (Å²) in [5.41, 5.74) is 2.81. The second kappa shape index (κ2) is 10.4. The Morgan fingerprint density at radius 3 is 2.39 bits per heavy atom.